The molecule has 0 bridgehead atoms. The van der Waals surface area contributed by atoms with Gasteiger partial charge in [-0.15, -0.1) is 0 Å². The fourth-order valence-electron chi connectivity index (χ4n) is 2.14. The first-order valence-electron chi connectivity index (χ1n) is 7.21. The zero-order chi connectivity index (χ0) is 17.9. The summed E-state index contributed by atoms with van der Waals surface area (Å²) < 4.78 is 39.5. The Morgan fingerprint density at radius 2 is 1.68 bits per heavy atom. The van der Waals surface area contributed by atoms with Crippen LogP contribution >= 0.6 is 11.6 Å². The quantitative estimate of drug-likeness (QED) is 0.629. The van der Waals surface area contributed by atoms with Crippen LogP contribution in [0.2, 0.25) is 5.02 Å². The summed E-state index contributed by atoms with van der Waals surface area (Å²) in [6, 6.07) is 14.2. The summed E-state index contributed by atoms with van der Waals surface area (Å²) in [5.41, 5.74) is -0.237. The van der Waals surface area contributed by atoms with Crippen LogP contribution in [0.3, 0.4) is 0 Å². The van der Waals surface area contributed by atoms with Crippen molar-refractivity contribution in [3.05, 3.63) is 71.4 Å². The van der Waals surface area contributed by atoms with Gasteiger partial charge in [0.1, 0.15) is 5.82 Å². The summed E-state index contributed by atoms with van der Waals surface area (Å²) in [7, 11) is 0. The van der Waals surface area contributed by atoms with E-state index in [1.54, 1.807) is 0 Å². The van der Waals surface area contributed by atoms with Gasteiger partial charge in [-0.25, -0.2) is 4.98 Å². The number of hydrogen-bond acceptors (Lipinski definition) is 4. The first-order chi connectivity index (χ1) is 11.9. The number of para-hydroxylation sites is 1. The molecule has 4 nitrogen and oxygen atoms in total. The average molecular weight is 365 g/mol. The van der Waals surface area contributed by atoms with Crippen molar-refractivity contribution in [2.24, 2.45) is 0 Å². The summed E-state index contributed by atoms with van der Waals surface area (Å²) in [6.45, 7) is 0. The van der Waals surface area contributed by atoms with Crippen LogP contribution in [0.4, 0.5) is 36.3 Å². The number of nitrogens with one attached hydrogen (secondary N) is 2. The van der Waals surface area contributed by atoms with E-state index >= 15 is 0 Å². The largest absolute Gasteiger partial charge is 0.418 e. The van der Waals surface area contributed by atoms with Crippen molar-refractivity contribution in [1.82, 2.24) is 9.97 Å². The Bertz CT molecular complexity index is 869. The van der Waals surface area contributed by atoms with Crippen molar-refractivity contribution in [3.8, 4) is 0 Å². The normalized spacial score (nSPS) is 11.2. The maximum absolute atomic E-state index is 13.2. The number of halogens is 4. The highest BCUT2D eigenvalue weighted by Crippen LogP contribution is 2.37. The zero-order valence-electron chi connectivity index (χ0n) is 12.7. The molecule has 0 aliphatic rings. The molecule has 0 unspecified atom stereocenters. The van der Waals surface area contributed by atoms with Crippen molar-refractivity contribution in [2.75, 3.05) is 10.6 Å². The fourth-order valence-corrected chi connectivity index (χ4v) is 2.31. The lowest BCUT2D eigenvalue weighted by Crippen LogP contribution is -2.09. The zero-order valence-corrected chi connectivity index (χ0v) is 13.4. The first kappa shape index (κ1) is 17.0. The molecule has 8 heteroatoms. The molecule has 2 aromatic carbocycles. The number of benzene rings is 2. The molecule has 0 aliphatic carbocycles. The first-order valence-corrected chi connectivity index (χ1v) is 7.58. The van der Waals surface area contributed by atoms with Gasteiger partial charge in [0.2, 0.25) is 5.95 Å². The highest BCUT2D eigenvalue weighted by atomic mass is 35.5. The second kappa shape index (κ2) is 6.98. The number of nitrogens with zero attached hydrogens (tertiary/aromatic N) is 2. The molecule has 0 radical (unpaired) electrons. The number of anilines is 4. The molecule has 0 saturated carbocycles. The third-order valence-electron chi connectivity index (χ3n) is 3.24. The van der Waals surface area contributed by atoms with Gasteiger partial charge in [-0.3, -0.25) is 0 Å². The lowest BCUT2D eigenvalue weighted by Gasteiger charge is -2.15. The van der Waals surface area contributed by atoms with E-state index in [1.807, 2.05) is 30.3 Å². The number of aromatic nitrogens is 2. The van der Waals surface area contributed by atoms with Crippen LogP contribution in [0.1, 0.15) is 5.56 Å². The van der Waals surface area contributed by atoms with Crippen LogP contribution < -0.4 is 10.6 Å². The Kier molecular flexibility index (Phi) is 4.76. The maximum atomic E-state index is 13.2. The molecule has 1 aromatic heterocycles. The highest BCUT2D eigenvalue weighted by molar-refractivity contribution is 6.30. The van der Waals surface area contributed by atoms with Gasteiger partial charge < -0.3 is 10.6 Å². The van der Waals surface area contributed by atoms with E-state index < -0.39 is 11.7 Å². The molecule has 2 N–H and O–H groups in total. The molecule has 0 amide bonds. The predicted octanol–water partition coefficient (Wildman–Crippen LogP) is 5.64. The molecule has 0 aliphatic heterocycles. The molecule has 0 atom stereocenters. The molecule has 128 valence electrons. The van der Waals surface area contributed by atoms with Crippen molar-refractivity contribution in [3.63, 3.8) is 0 Å². The van der Waals surface area contributed by atoms with E-state index in [9.17, 15) is 13.2 Å². The number of rotatable bonds is 4. The second-order valence-electron chi connectivity index (χ2n) is 5.07. The van der Waals surface area contributed by atoms with E-state index in [0.717, 1.165) is 11.8 Å². The Labute approximate surface area is 146 Å². The maximum Gasteiger partial charge on any atom is 0.418 e. The van der Waals surface area contributed by atoms with Gasteiger partial charge in [0.05, 0.1) is 11.3 Å². The summed E-state index contributed by atoms with van der Waals surface area (Å²) in [5, 5.41) is 5.65. The summed E-state index contributed by atoms with van der Waals surface area (Å²) in [5.74, 6) is 0.486. The van der Waals surface area contributed by atoms with Crippen LogP contribution in [0.25, 0.3) is 0 Å². The third kappa shape index (κ3) is 4.39. The van der Waals surface area contributed by atoms with E-state index in [-0.39, 0.29) is 22.5 Å². The standard InChI is InChI=1S/C17H12ClF3N4/c18-11-6-7-14(13(10-11)17(19,20)21)24-15-8-9-22-16(25-15)23-12-4-2-1-3-5-12/h1-10H,(H2,22,23,24,25). The van der Waals surface area contributed by atoms with Crippen molar-refractivity contribution >= 4 is 34.7 Å². The van der Waals surface area contributed by atoms with E-state index in [1.165, 1.54) is 24.4 Å². The summed E-state index contributed by atoms with van der Waals surface area (Å²) >= 11 is 5.68. The van der Waals surface area contributed by atoms with Gasteiger partial charge in [-0.1, -0.05) is 29.8 Å². The monoisotopic (exact) mass is 364 g/mol. The smallest absolute Gasteiger partial charge is 0.340 e. The van der Waals surface area contributed by atoms with Crippen LogP contribution in [0.5, 0.6) is 0 Å². The fraction of sp³-hybridized carbons (Fsp3) is 0.0588. The SMILES string of the molecule is FC(F)(F)c1cc(Cl)ccc1Nc1ccnc(Nc2ccccc2)n1. The molecule has 0 saturated heterocycles. The second-order valence-corrected chi connectivity index (χ2v) is 5.51. The molecule has 0 fully saturated rings. The average Bonchev–Trinajstić information content (AvgIpc) is 2.57. The van der Waals surface area contributed by atoms with Crippen molar-refractivity contribution in [1.29, 1.82) is 0 Å². The minimum Gasteiger partial charge on any atom is -0.340 e. The van der Waals surface area contributed by atoms with Crippen LogP contribution in [-0.2, 0) is 6.18 Å². The molecule has 25 heavy (non-hydrogen) atoms. The minimum absolute atomic E-state index is 0.00648. The highest BCUT2D eigenvalue weighted by Gasteiger charge is 2.33. The summed E-state index contributed by atoms with van der Waals surface area (Å²) in [4.78, 5) is 8.23. The van der Waals surface area contributed by atoms with Crippen LogP contribution in [-0.4, -0.2) is 9.97 Å². The van der Waals surface area contributed by atoms with E-state index in [2.05, 4.69) is 20.6 Å². The Hall–Kier alpha value is -2.80. The Balaban J connectivity index is 1.86. The van der Waals surface area contributed by atoms with E-state index in [4.69, 9.17) is 11.6 Å². The number of alkyl halides is 3. The minimum atomic E-state index is -4.54. The molecule has 3 aromatic rings. The molecular formula is C17H12ClF3N4. The molecule has 0 spiro atoms. The van der Waals surface area contributed by atoms with Gasteiger partial charge in [0, 0.05) is 16.9 Å². The Morgan fingerprint density at radius 1 is 0.920 bits per heavy atom. The predicted molar refractivity (Wildman–Crippen MR) is 91.5 cm³/mol. The van der Waals surface area contributed by atoms with E-state index in [0.29, 0.717) is 0 Å². The van der Waals surface area contributed by atoms with Gasteiger partial charge in [-0.05, 0) is 36.4 Å². The topological polar surface area (TPSA) is 49.8 Å². The van der Waals surface area contributed by atoms with Crippen LogP contribution in [0.15, 0.2) is 60.8 Å². The van der Waals surface area contributed by atoms with Gasteiger partial charge >= 0.3 is 6.18 Å². The lowest BCUT2D eigenvalue weighted by molar-refractivity contribution is -0.136. The van der Waals surface area contributed by atoms with Gasteiger partial charge in [0.25, 0.3) is 0 Å². The number of hydrogen-bond donors (Lipinski definition) is 2. The van der Waals surface area contributed by atoms with Crippen LogP contribution in [0, 0.1) is 0 Å². The third-order valence-corrected chi connectivity index (χ3v) is 3.47. The van der Waals surface area contributed by atoms with Gasteiger partial charge in [-0.2, -0.15) is 18.2 Å². The molecular weight excluding hydrogens is 353 g/mol. The molecule has 3 rings (SSSR count). The lowest BCUT2D eigenvalue weighted by atomic mass is 10.1. The van der Waals surface area contributed by atoms with Crippen molar-refractivity contribution in [2.45, 2.75) is 6.18 Å². The van der Waals surface area contributed by atoms with Gasteiger partial charge in [0.15, 0.2) is 0 Å². The van der Waals surface area contributed by atoms with Crippen molar-refractivity contribution < 1.29 is 13.2 Å². The molecule has 1 heterocycles. The summed E-state index contributed by atoms with van der Waals surface area (Å²) in [6.07, 6.45) is -3.09. The Morgan fingerprint density at radius 3 is 2.40 bits per heavy atom.